The molecule has 0 spiro atoms. The quantitative estimate of drug-likeness (QED) is 0.799. The van der Waals surface area contributed by atoms with Gasteiger partial charge in [-0.25, -0.2) is 0 Å². The van der Waals surface area contributed by atoms with Crippen LogP contribution in [0.15, 0.2) is 18.2 Å². The maximum Gasteiger partial charge on any atom is 0.303 e. The van der Waals surface area contributed by atoms with Crippen LogP contribution in [-0.2, 0) is 9.59 Å². The minimum absolute atomic E-state index is 0.162. The molecule has 140 valence electrons. The molecule has 6 heteroatoms. The van der Waals surface area contributed by atoms with Crippen LogP contribution in [0.1, 0.15) is 46.5 Å². The molecule has 2 rings (SSSR count). The van der Waals surface area contributed by atoms with E-state index in [1.807, 2.05) is 20.8 Å². The number of anilines is 1. The number of amides is 2. The summed E-state index contributed by atoms with van der Waals surface area (Å²) in [7, 11) is 0. The maximum atomic E-state index is 12.4. The average molecular weight is 377 g/mol. The van der Waals surface area contributed by atoms with Gasteiger partial charge < -0.3 is 10.5 Å². The van der Waals surface area contributed by atoms with Crippen LogP contribution in [0.2, 0.25) is 5.02 Å². The number of hydrogen-bond acceptors (Lipinski definition) is 3. The summed E-state index contributed by atoms with van der Waals surface area (Å²) in [5.41, 5.74) is 5.38. The van der Waals surface area contributed by atoms with Crippen molar-refractivity contribution in [1.29, 1.82) is 0 Å². The Hall–Kier alpha value is -2.19. The molecule has 1 unspecified atom stereocenters. The summed E-state index contributed by atoms with van der Waals surface area (Å²) in [4.78, 5) is 25.7. The topological polar surface area (TPSA) is 72.6 Å². The Bertz CT molecular complexity index is 728. The van der Waals surface area contributed by atoms with Crippen LogP contribution in [0.3, 0.4) is 0 Å². The lowest BCUT2D eigenvalue weighted by molar-refractivity contribution is -0.124. The van der Waals surface area contributed by atoms with Crippen molar-refractivity contribution in [2.24, 2.45) is 11.1 Å². The first-order valence-electron chi connectivity index (χ1n) is 8.70. The van der Waals surface area contributed by atoms with E-state index in [0.717, 1.165) is 25.7 Å². The van der Waals surface area contributed by atoms with Gasteiger partial charge in [0.15, 0.2) is 0 Å². The number of nitrogens with two attached hydrogens (primary N) is 1. The van der Waals surface area contributed by atoms with E-state index < -0.39 is 23.3 Å². The van der Waals surface area contributed by atoms with Gasteiger partial charge in [0.1, 0.15) is 11.8 Å². The first-order chi connectivity index (χ1) is 12.1. The van der Waals surface area contributed by atoms with Crippen LogP contribution in [0, 0.1) is 17.8 Å². The number of primary amides is 1. The third-order valence-electron chi connectivity index (χ3n) is 4.48. The SMILES string of the molecule is C#CC(=O)N(c1ccc(OC2CCCC2)c(Cl)c1)C(C(N)=O)C(C)(C)C. The second-order valence-electron chi connectivity index (χ2n) is 7.63. The Morgan fingerprint density at radius 3 is 2.42 bits per heavy atom. The standard InChI is InChI=1S/C20H25ClN2O3/c1-5-17(24)23(18(19(22)25)20(2,3)4)13-10-11-16(15(21)12-13)26-14-8-6-7-9-14/h1,10-12,14,18H,6-9H2,2-4H3,(H2,22,25). The molecule has 1 aliphatic rings. The van der Waals surface area contributed by atoms with Gasteiger partial charge >= 0.3 is 5.91 Å². The summed E-state index contributed by atoms with van der Waals surface area (Å²) < 4.78 is 5.94. The third kappa shape index (κ3) is 4.50. The molecule has 0 aliphatic heterocycles. The molecule has 0 aromatic heterocycles. The normalized spacial score (nSPS) is 16.0. The molecule has 5 nitrogen and oxygen atoms in total. The van der Waals surface area contributed by atoms with E-state index in [0.29, 0.717) is 16.5 Å². The Morgan fingerprint density at radius 2 is 1.96 bits per heavy atom. The number of ether oxygens (including phenoxy) is 1. The van der Waals surface area contributed by atoms with Gasteiger partial charge in [-0.15, -0.1) is 6.42 Å². The Morgan fingerprint density at radius 1 is 1.35 bits per heavy atom. The molecular formula is C20H25ClN2O3. The summed E-state index contributed by atoms with van der Waals surface area (Å²) in [5.74, 6) is 1.34. The lowest BCUT2D eigenvalue weighted by Gasteiger charge is -2.37. The van der Waals surface area contributed by atoms with Crippen molar-refractivity contribution < 1.29 is 14.3 Å². The van der Waals surface area contributed by atoms with E-state index in [1.165, 1.54) is 4.90 Å². The molecule has 1 saturated carbocycles. The van der Waals surface area contributed by atoms with Gasteiger partial charge in [0.05, 0.1) is 11.1 Å². The van der Waals surface area contributed by atoms with Crippen molar-refractivity contribution in [2.45, 2.75) is 58.6 Å². The second-order valence-corrected chi connectivity index (χ2v) is 8.04. The molecular weight excluding hydrogens is 352 g/mol. The van der Waals surface area contributed by atoms with E-state index >= 15 is 0 Å². The zero-order chi connectivity index (χ0) is 19.5. The number of carbonyl (C=O) groups is 2. The van der Waals surface area contributed by atoms with E-state index in [2.05, 4.69) is 5.92 Å². The number of nitrogens with zero attached hydrogens (tertiary/aromatic N) is 1. The van der Waals surface area contributed by atoms with Crippen LogP contribution in [0.5, 0.6) is 5.75 Å². The molecule has 1 aliphatic carbocycles. The number of hydrogen-bond donors (Lipinski definition) is 1. The summed E-state index contributed by atoms with van der Waals surface area (Å²) in [5, 5.41) is 0.362. The van der Waals surface area contributed by atoms with Crippen LogP contribution in [0.4, 0.5) is 5.69 Å². The fourth-order valence-corrected chi connectivity index (χ4v) is 3.53. The van der Waals surface area contributed by atoms with Crippen molar-refractivity contribution in [3.63, 3.8) is 0 Å². The summed E-state index contributed by atoms with van der Waals surface area (Å²) in [6.45, 7) is 5.45. The van der Waals surface area contributed by atoms with E-state index in [1.54, 1.807) is 18.2 Å². The highest BCUT2D eigenvalue weighted by molar-refractivity contribution is 6.32. The number of benzene rings is 1. The molecule has 26 heavy (non-hydrogen) atoms. The van der Waals surface area contributed by atoms with Crippen molar-refractivity contribution >= 4 is 29.1 Å². The lowest BCUT2D eigenvalue weighted by Crippen LogP contribution is -2.54. The minimum Gasteiger partial charge on any atom is -0.489 e. The molecule has 2 N–H and O–H groups in total. The first-order valence-corrected chi connectivity index (χ1v) is 9.08. The zero-order valence-corrected chi connectivity index (χ0v) is 16.2. The van der Waals surface area contributed by atoms with E-state index in [9.17, 15) is 9.59 Å². The van der Waals surface area contributed by atoms with Gasteiger partial charge in [0.2, 0.25) is 5.91 Å². The van der Waals surface area contributed by atoms with Gasteiger partial charge in [-0.2, -0.15) is 0 Å². The number of terminal acetylenes is 1. The van der Waals surface area contributed by atoms with Gasteiger partial charge in [-0.1, -0.05) is 32.4 Å². The molecule has 1 aromatic carbocycles. The second kappa shape index (κ2) is 8.01. The van der Waals surface area contributed by atoms with Crippen LogP contribution in [-0.4, -0.2) is 24.0 Å². The maximum absolute atomic E-state index is 12.4. The zero-order valence-electron chi connectivity index (χ0n) is 15.4. The van der Waals surface area contributed by atoms with E-state index in [-0.39, 0.29) is 6.10 Å². The van der Waals surface area contributed by atoms with Crippen molar-refractivity contribution in [3.05, 3.63) is 23.2 Å². The van der Waals surface area contributed by atoms with Gasteiger partial charge in [-0.05, 0) is 55.2 Å². The molecule has 1 aromatic rings. The molecule has 1 fully saturated rings. The first kappa shape index (κ1) is 20.1. The Labute approximate surface area is 159 Å². The number of rotatable bonds is 5. The predicted molar refractivity (Wildman–Crippen MR) is 103 cm³/mol. The highest BCUT2D eigenvalue weighted by Gasteiger charge is 2.38. The summed E-state index contributed by atoms with van der Waals surface area (Å²) in [6, 6.07) is 4.05. The van der Waals surface area contributed by atoms with E-state index in [4.69, 9.17) is 28.5 Å². The number of carbonyl (C=O) groups excluding carboxylic acids is 2. The highest BCUT2D eigenvalue weighted by atomic mass is 35.5. The minimum atomic E-state index is -0.913. The van der Waals surface area contributed by atoms with Crippen LogP contribution >= 0.6 is 11.6 Å². The fraction of sp³-hybridized carbons (Fsp3) is 0.500. The monoisotopic (exact) mass is 376 g/mol. The smallest absolute Gasteiger partial charge is 0.303 e. The molecule has 0 heterocycles. The van der Waals surface area contributed by atoms with Crippen molar-refractivity contribution in [1.82, 2.24) is 0 Å². The van der Waals surface area contributed by atoms with Crippen LogP contribution in [0.25, 0.3) is 0 Å². The molecule has 1 atom stereocenters. The Kier molecular flexibility index (Phi) is 6.20. The lowest BCUT2D eigenvalue weighted by atomic mass is 9.84. The molecule has 0 saturated heterocycles. The van der Waals surface area contributed by atoms with Crippen LogP contribution < -0.4 is 15.4 Å². The van der Waals surface area contributed by atoms with Gasteiger partial charge in [0, 0.05) is 5.69 Å². The van der Waals surface area contributed by atoms with Crippen molar-refractivity contribution in [3.8, 4) is 18.1 Å². The predicted octanol–water partition coefficient (Wildman–Crippen LogP) is 3.53. The average Bonchev–Trinajstić information content (AvgIpc) is 3.05. The summed E-state index contributed by atoms with van der Waals surface area (Å²) >= 11 is 6.37. The fourth-order valence-electron chi connectivity index (χ4n) is 3.32. The Balaban J connectivity index is 2.39. The van der Waals surface area contributed by atoms with Gasteiger partial charge in [0.25, 0.3) is 0 Å². The molecule has 0 radical (unpaired) electrons. The summed E-state index contributed by atoms with van der Waals surface area (Å²) in [6.07, 6.45) is 9.79. The highest BCUT2D eigenvalue weighted by Crippen LogP contribution is 2.35. The third-order valence-corrected chi connectivity index (χ3v) is 4.78. The molecule has 2 amide bonds. The number of halogens is 1. The molecule has 0 bridgehead atoms. The van der Waals surface area contributed by atoms with Gasteiger partial charge in [-0.3, -0.25) is 14.5 Å². The largest absolute Gasteiger partial charge is 0.489 e. The van der Waals surface area contributed by atoms with Crippen molar-refractivity contribution in [2.75, 3.05) is 4.90 Å².